The molecule has 2 aromatic rings. The number of hydrogen-bond acceptors (Lipinski definition) is 3. The molecule has 1 amide bonds. The Morgan fingerprint density at radius 2 is 2.10 bits per heavy atom. The van der Waals surface area contributed by atoms with Crippen LogP contribution in [0, 0.1) is 0 Å². The maximum absolute atomic E-state index is 12.3. The Labute approximate surface area is 173 Å². The first kappa shape index (κ1) is 20.6. The highest BCUT2D eigenvalue weighted by atomic mass is 16.1. The fraction of sp³-hybridized carbons (Fsp3) is 0.280. The van der Waals surface area contributed by atoms with Gasteiger partial charge in [-0.15, -0.1) is 0 Å². The zero-order valence-electron chi connectivity index (χ0n) is 17.3. The number of aromatic nitrogens is 1. The Hall–Kier alpha value is -3.14. The van der Waals surface area contributed by atoms with Crippen molar-refractivity contribution in [1.82, 2.24) is 9.88 Å². The molecule has 1 aliphatic rings. The van der Waals surface area contributed by atoms with E-state index >= 15 is 0 Å². The molecule has 0 bridgehead atoms. The van der Waals surface area contributed by atoms with Gasteiger partial charge in [-0.2, -0.15) is 0 Å². The van der Waals surface area contributed by atoms with Gasteiger partial charge in [-0.1, -0.05) is 56.2 Å². The third-order valence-electron chi connectivity index (χ3n) is 4.95. The van der Waals surface area contributed by atoms with E-state index in [1.54, 1.807) is 12.3 Å². The summed E-state index contributed by atoms with van der Waals surface area (Å²) in [6, 6.07) is 9.79. The van der Waals surface area contributed by atoms with Crippen molar-refractivity contribution in [3.8, 4) is 0 Å². The summed E-state index contributed by atoms with van der Waals surface area (Å²) in [5, 5.41) is 3.89. The summed E-state index contributed by atoms with van der Waals surface area (Å²) in [6.07, 6.45) is 18.2. The SMILES string of the molecule is CCCCCN(C)C1=CC=C(/C=C/C(=O)Nc2cnc3ccccc3c2)CC=C1. The first-order valence-electron chi connectivity index (χ1n) is 10.3. The van der Waals surface area contributed by atoms with Crippen LogP contribution in [0.1, 0.15) is 32.6 Å². The van der Waals surface area contributed by atoms with E-state index < -0.39 is 0 Å². The van der Waals surface area contributed by atoms with Gasteiger partial charge in [0.15, 0.2) is 0 Å². The van der Waals surface area contributed by atoms with Gasteiger partial charge in [0.05, 0.1) is 17.4 Å². The van der Waals surface area contributed by atoms with Crippen molar-refractivity contribution in [2.75, 3.05) is 18.9 Å². The van der Waals surface area contributed by atoms with Crippen molar-refractivity contribution in [3.05, 3.63) is 84.3 Å². The van der Waals surface area contributed by atoms with Crippen LogP contribution in [0.15, 0.2) is 84.3 Å². The van der Waals surface area contributed by atoms with Crippen LogP contribution in [0.5, 0.6) is 0 Å². The molecule has 29 heavy (non-hydrogen) atoms. The Kier molecular flexibility index (Phi) is 7.40. The Morgan fingerprint density at radius 1 is 1.24 bits per heavy atom. The quantitative estimate of drug-likeness (QED) is 0.472. The first-order chi connectivity index (χ1) is 14.2. The van der Waals surface area contributed by atoms with E-state index in [2.05, 4.69) is 53.5 Å². The van der Waals surface area contributed by atoms with Crippen molar-refractivity contribution in [2.45, 2.75) is 32.6 Å². The predicted octanol–water partition coefficient (Wildman–Crippen LogP) is 5.62. The third-order valence-corrected chi connectivity index (χ3v) is 4.95. The maximum atomic E-state index is 12.3. The Morgan fingerprint density at radius 3 is 2.97 bits per heavy atom. The van der Waals surface area contributed by atoms with Gasteiger partial charge in [0, 0.05) is 30.8 Å². The molecule has 0 spiro atoms. The number of benzene rings is 1. The molecule has 1 aliphatic carbocycles. The molecule has 0 unspecified atom stereocenters. The predicted molar refractivity (Wildman–Crippen MR) is 122 cm³/mol. The average molecular weight is 388 g/mol. The second-order valence-corrected chi connectivity index (χ2v) is 7.31. The van der Waals surface area contributed by atoms with Gasteiger partial charge in [-0.3, -0.25) is 9.78 Å². The van der Waals surface area contributed by atoms with E-state index in [1.165, 1.54) is 25.0 Å². The lowest BCUT2D eigenvalue weighted by molar-refractivity contribution is -0.111. The summed E-state index contributed by atoms with van der Waals surface area (Å²) in [4.78, 5) is 19.0. The van der Waals surface area contributed by atoms with Gasteiger partial charge < -0.3 is 10.2 Å². The summed E-state index contributed by atoms with van der Waals surface area (Å²) < 4.78 is 0. The highest BCUT2D eigenvalue weighted by Gasteiger charge is 2.04. The fourth-order valence-electron chi connectivity index (χ4n) is 3.24. The number of amides is 1. The zero-order chi connectivity index (χ0) is 20.5. The van der Waals surface area contributed by atoms with E-state index in [0.29, 0.717) is 5.69 Å². The molecule has 4 nitrogen and oxygen atoms in total. The van der Waals surface area contributed by atoms with E-state index in [9.17, 15) is 4.79 Å². The van der Waals surface area contributed by atoms with Gasteiger partial charge >= 0.3 is 0 Å². The first-order valence-corrected chi connectivity index (χ1v) is 10.3. The number of likely N-dealkylation sites (N-methyl/N-ethyl adjacent to an activating group) is 1. The van der Waals surface area contributed by atoms with Crippen molar-refractivity contribution in [2.24, 2.45) is 0 Å². The molecule has 0 atom stereocenters. The number of nitrogens with zero attached hydrogens (tertiary/aromatic N) is 2. The standard InChI is InChI=1S/C25H29N3O/c1-3-4-7-17-28(2)23-11-8-9-20(13-15-23)14-16-25(29)27-22-18-21-10-5-6-12-24(21)26-19-22/h5-6,8,10-16,18-19H,3-4,7,9,17H2,1-2H3,(H,27,29)/b16-14+. The number of anilines is 1. The molecular formula is C25H29N3O. The van der Waals surface area contributed by atoms with Crippen LogP contribution in [0.3, 0.4) is 0 Å². The summed E-state index contributed by atoms with van der Waals surface area (Å²) in [5.41, 5.74) is 3.92. The number of nitrogens with one attached hydrogen (secondary N) is 1. The second kappa shape index (κ2) is 10.4. The molecule has 0 saturated heterocycles. The number of fused-ring (bicyclic) bond motifs is 1. The van der Waals surface area contributed by atoms with Crippen molar-refractivity contribution in [1.29, 1.82) is 0 Å². The number of carbonyl (C=O) groups is 1. The molecule has 1 N–H and O–H groups in total. The van der Waals surface area contributed by atoms with Gasteiger partial charge in [0.1, 0.15) is 0 Å². The fourth-order valence-corrected chi connectivity index (χ4v) is 3.24. The van der Waals surface area contributed by atoms with E-state index in [-0.39, 0.29) is 5.91 Å². The van der Waals surface area contributed by atoms with Gasteiger partial charge in [0.25, 0.3) is 0 Å². The number of para-hydroxylation sites is 1. The molecule has 3 rings (SSSR count). The van der Waals surface area contributed by atoms with Crippen LogP contribution in [0.25, 0.3) is 10.9 Å². The van der Waals surface area contributed by atoms with E-state index in [1.807, 2.05) is 36.4 Å². The molecule has 1 aromatic heterocycles. The smallest absolute Gasteiger partial charge is 0.248 e. The largest absolute Gasteiger partial charge is 0.375 e. The number of unbranched alkanes of at least 4 members (excludes halogenated alkanes) is 2. The van der Waals surface area contributed by atoms with E-state index in [4.69, 9.17) is 0 Å². The lowest BCUT2D eigenvalue weighted by Crippen LogP contribution is -2.17. The Balaban J connectivity index is 1.59. The second-order valence-electron chi connectivity index (χ2n) is 7.31. The lowest BCUT2D eigenvalue weighted by Gasteiger charge is -2.19. The average Bonchev–Trinajstić information content (AvgIpc) is 2.98. The van der Waals surface area contributed by atoms with Crippen LogP contribution in [0.2, 0.25) is 0 Å². The van der Waals surface area contributed by atoms with Crippen LogP contribution < -0.4 is 5.32 Å². The van der Waals surface area contributed by atoms with Gasteiger partial charge in [0.2, 0.25) is 5.91 Å². The molecule has 0 fully saturated rings. The van der Waals surface area contributed by atoms with Gasteiger partial charge in [-0.05, 0) is 42.7 Å². The highest BCUT2D eigenvalue weighted by Crippen LogP contribution is 2.17. The molecule has 0 saturated carbocycles. The minimum atomic E-state index is -0.155. The lowest BCUT2D eigenvalue weighted by atomic mass is 10.1. The molecule has 0 radical (unpaired) electrons. The maximum Gasteiger partial charge on any atom is 0.248 e. The highest BCUT2D eigenvalue weighted by molar-refractivity contribution is 6.00. The topological polar surface area (TPSA) is 45.2 Å². The number of pyridine rings is 1. The molecule has 0 aliphatic heterocycles. The van der Waals surface area contributed by atoms with E-state index in [0.717, 1.165) is 29.4 Å². The van der Waals surface area contributed by atoms with Crippen LogP contribution in [-0.2, 0) is 4.79 Å². The number of hydrogen-bond donors (Lipinski definition) is 1. The van der Waals surface area contributed by atoms with Crippen molar-refractivity contribution < 1.29 is 4.79 Å². The summed E-state index contributed by atoms with van der Waals surface area (Å²) in [7, 11) is 2.13. The number of carbonyl (C=O) groups excluding carboxylic acids is 1. The molecule has 4 heteroatoms. The summed E-state index contributed by atoms with van der Waals surface area (Å²) in [6.45, 7) is 3.28. The summed E-state index contributed by atoms with van der Waals surface area (Å²) in [5.74, 6) is -0.155. The van der Waals surface area contributed by atoms with Crippen molar-refractivity contribution >= 4 is 22.5 Å². The minimum absolute atomic E-state index is 0.155. The molecular weight excluding hydrogens is 358 g/mol. The number of allylic oxidation sites excluding steroid dienone is 6. The zero-order valence-corrected chi connectivity index (χ0v) is 17.3. The molecule has 1 heterocycles. The molecule has 1 aromatic carbocycles. The van der Waals surface area contributed by atoms with Crippen LogP contribution >= 0.6 is 0 Å². The van der Waals surface area contributed by atoms with Crippen LogP contribution in [0.4, 0.5) is 5.69 Å². The van der Waals surface area contributed by atoms with Crippen molar-refractivity contribution in [3.63, 3.8) is 0 Å². The Bertz CT molecular complexity index is 969. The monoisotopic (exact) mass is 387 g/mol. The molecule has 150 valence electrons. The normalized spacial score (nSPS) is 13.9. The minimum Gasteiger partial charge on any atom is -0.375 e. The van der Waals surface area contributed by atoms with Gasteiger partial charge in [-0.25, -0.2) is 0 Å². The third kappa shape index (κ3) is 6.18. The van der Waals surface area contributed by atoms with Crippen LogP contribution in [-0.4, -0.2) is 29.4 Å². The number of rotatable bonds is 8. The summed E-state index contributed by atoms with van der Waals surface area (Å²) >= 11 is 0.